The molecule has 96 valence electrons. The molecule has 0 aliphatic rings. The second-order valence-electron chi connectivity index (χ2n) is 3.95. The van der Waals surface area contributed by atoms with Crippen molar-refractivity contribution in [2.45, 2.75) is 25.9 Å². The first kappa shape index (κ1) is 13.1. The van der Waals surface area contributed by atoms with Crippen LogP contribution in [0.25, 0.3) is 10.4 Å². The number of aromatic nitrogens is 1. The van der Waals surface area contributed by atoms with E-state index in [-0.39, 0.29) is 0 Å². The summed E-state index contributed by atoms with van der Waals surface area (Å²) in [6.07, 6.45) is -0.808. The number of hydrogen-bond acceptors (Lipinski definition) is 2. The summed E-state index contributed by atoms with van der Waals surface area (Å²) >= 11 is 1.45. The Bertz CT molecular complexity index is 531. The van der Waals surface area contributed by atoms with Crippen molar-refractivity contribution in [3.63, 3.8) is 0 Å². The van der Waals surface area contributed by atoms with Crippen LogP contribution < -0.4 is 0 Å². The van der Waals surface area contributed by atoms with E-state index in [1.54, 1.807) is 12.3 Å². The maximum atomic E-state index is 12.6. The van der Waals surface area contributed by atoms with E-state index in [1.807, 2.05) is 6.92 Å². The summed E-state index contributed by atoms with van der Waals surface area (Å²) in [6, 6.07) is 5.36. The molecule has 0 saturated carbocycles. The Morgan fingerprint density at radius 2 is 2.06 bits per heavy atom. The number of nitrogens with zero attached hydrogens (tertiary/aromatic N) is 1. The standard InChI is InChI=1S/C13H12F3NS/c1-2-4-12-17-8-11(18-12)9-5-3-6-10(7-9)13(14,15)16/h3,5-8H,2,4H2,1H3. The SMILES string of the molecule is CCCc1ncc(-c2cccc(C(F)(F)F)c2)s1. The van der Waals surface area contributed by atoms with Gasteiger partial charge in [0.1, 0.15) is 0 Å². The number of hydrogen-bond donors (Lipinski definition) is 0. The van der Waals surface area contributed by atoms with Crippen molar-refractivity contribution >= 4 is 11.3 Å². The van der Waals surface area contributed by atoms with Crippen LogP contribution in [0.5, 0.6) is 0 Å². The first-order chi connectivity index (χ1) is 8.50. The Balaban J connectivity index is 2.32. The Morgan fingerprint density at radius 3 is 2.72 bits per heavy atom. The topological polar surface area (TPSA) is 12.9 Å². The van der Waals surface area contributed by atoms with Gasteiger partial charge in [-0.15, -0.1) is 11.3 Å². The molecule has 5 heteroatoms. The minimum atomic E-state index is -4.30. The molecule has 0 fully saturated rings. The number of benzene rings is 1. The summed E-state index contributed by atoms with van der Waals surface area (Å²) in [5.74, 6) is 0. The number of thiazole rings is 1. The minimum absolute atomic E-state index is 0.574. The molecule has 0 bridgehead atoms. The molecule has 0 aliphatic carbocycles. The third-order valence-corrected chi connectivity index (χ3v) is 3.60. The number of halogens is 3. The van der Waals surface area contributed by atoms with Gasteiger partial charge in [0, 0.05) is 6.20 Å². The van der Waals surface area contributed by atoms with Gasteiger partial charge in [-0.05, 0) is 30.5 Å². The van der Waals surface area contributed by atoms with Crippen molar-refractivity contribution in [1.82, 2.24) is 4.98 Å². The third-order valence-electron chi connectivity index (χ3n) is 2.49. The molecule has 0 spiro atoms. The molecule has 0 atom stereocenters. The van der Waals surface area contributed by atoms with Crippen LogP contribution in [0.15, 0.2) is 30.5 Å². The van der Waals surface area contributed by atoms with Crippen LogP contribution in [0.1, 0.15) is 23.9 Å². The molecule has 2 rings (SSSR count). The lowest BCUT2D eigenvalue weighted by molar-refractivity contribution is -0.137. The maximum absolute atomic E-state index is 12.6. The van der Waals surface area contributed by atoms with E-state index < -0.39 is 11.7 Å². The average molecular weight is 271 g/mol. The highest BCUT2D eigenvalue weighted by Gasteiger charge is 2.30. The van der Waals surface area contributed by atoms with Gasteiger partial charge in [0.15, 0.2) is 0 Å². The monoisotopic (exact) mass is 271 g/mol. The van der Waals surface area contributed by atoms with E-state index >= 15 is 0 Å². The molecule has 1 heterocycles. The first-order valence-corrected chi connectivity index (χ1v) is 6.44. The summed E-state index contributed by atoms with van der Waals surface area (Å²) in [6.45, 7) is 2.05. The molecular formula is C13H12F3NS. The van der Waals surface area contributed by atoms with Crippen LogP contribution in [0.2, 0.25) is 0 Å². The van der Waals surface area contributed by atoms with Crippen molar-refractivity contribution < 1.29 is 13.2 Å². The first-order valence-electron chi connectivity index (χ1n) is 5.63. The summed E-state index contributed by atoms with van der Waals surface area (Å²) in [4.78, 5) is 4.99. The fourth-order valence-corrected chi connectivity index (χ4v) is 2.64. The number of aryl methyl sites for hydroxylation is 1. The third kappa shape index (κ3) is 2.90. The molecule has 1 aromatic heterocycles. The summed E-state index contributed by atoms with van der Waals surface area (Å²) in [5.41, 5.74) is -0.0462. The van der Waals surface area contributed by atoms with Crippen molar-refractivity contribution in [2.75, 3.05) is 0 Å². The lowest BCUT2D eigenvalue weighted by Crippen LogP contribution is -2.04. The zero-order chi connectivity index (χ0) is 13.2. The Hall–Kier alpha value is -1.36. The van der Waals surface area contributed by atoms with E-state index in [0.29, 0.717) is 5.56 Å². The molecule has 1 nitrogen and oxygen atoms in total. The van der Waals surface area contributed by atoms with Gasteiger partial charge in [-0.25, -0.2) is 4.98 Å². The summed E-state index contributed by atoms with van der Waals surface area (Å²) in [7, 11) is 0. The van der Waals surface area contributed by atoms with E-state index in [0.717, 1.165) is 28.8 Å². The second kappa shape index (κ2) is 5.10. The van der Waals surface area contributed by atoms with Gasteiger partial charge in [-0.3, -0.25) is 0 Å². The Kier molecular flexibility index (Phi) is 3.71. The zero-order valence-corrected chi connectivity index (χ0v) is 10.6. The van der Waals surface area contributed by atoms with Crippen LogP contribution in [0.3, 0.4) is 0 Å². The molecule has 2 aromatic rings. The normalized spacial score (nSPS) is 11.8. The van der Waals surface area contributed by atoms with E-state index in [4.69, 9.17) is 0 Å². The van der Waals surface area contributed by atoms with Crippen molar-refractivity contribution in [3.8, 4) is 10.4 Å². The second-order valence-corrected chi connectivity index (χ2v) is 5.06. The van der Waals surface area contributed by atoms with Gasteiger partial charge in [0.2, 0.25) is 0 Å². The number of rotatable bonds is 3. The molecule has 18 heavy (non-hydrogen) atoms. The highest BCUT2D eigenvalue weighted by Crippen LogP contribution is 2.33. The molecule has 0 N–H and O–H groups in total. The predicted octanol–water partition coefficient (Wildman–Crippen LogP) is 4.78. The van der Waals surface area contributed by atoms with Gasteiger partial charge in [-0.1, -0.05) is 19.1 Å². The molecule has 0 radical (unpaired) electrons. The molecule has 0 amide bonds. The van der Waals surface area contributed by atoms with Crippen molar-refractivity contribution in [3.05, 3.63) is 41.0 Å². The van der Waals surface area contributed by atoms with Gasteiger partial charge in [-0.2, -0.15) is 13.2 Å². The molecule has 0 aliphatic heterocycles. The Labute approximate surface area is 107 Å². The number of alkyl halides is 3. The lowest BCUT2D eigenvalue weighted by Gasteiger charge is -2.07. The van der Waals surface area contributed by atoms with Crippen molar-refractivity contribution in [2.24, 2.45) is 0 Å². The van der Waals surface area contributed by atoms with Gasteiger partial charge in [0.05, 0.1) is 15.4 Å². The van der Waals surface area contributed by atoms with Gasteiger partial charge < -0.3 is 0 Å². The van der Waals surface area contributed by atoms with Crippen LogP contribution in [0, 0.1) is 0 Å². The average Bonchev–Trinajstić information content (AvgIpc) is 2.77. The van der Waals surface area contributed by atoms with E-state index in [1.165, 1.54) is 23.5 Å². The van der Waals surface area contributed by atoms with Gasteiger partial charge in [0.25, 0.3) is 0 Å². The highest BCUT2D eigenvalue weighted by atomic mass is 32.1. The largest absolute Gasteiger partial charge is 0.416 e. The molecule has 1 aromatic carbocycles. The fraction of sp³-hybridized carbons (Fsp3) is 0.308. The van der Waals surface area contributed by atoms with Crippen LogP contribution >= 0.6 is 11.3 Å². The quantitative estimate of drug-likeness (QED) is 0.782. The van der Waals surface area contributed by atoms with Crippen LogP contribution in [-0.2, 0) is 12.6 Å². The predicted molar refractivity (Wildman–Crippen MR) is 66.5 cm³/mol. The van der Waals surface area contributed by atoms with Crippen molar-refractivity contribution in [1.29, 1.82) is 0 Å². The van der Waals surface area contributed by atoms with E-state index in [2.05, 4.69) is 4.98 Å². The van der Waals surface area contributed by atoms with Crippen LogP contribution in [0.4, 0.5) is 13.2 Å². The fourth-order valence-electron chi connectivity index (χ4n) is 1.62. The van der Waals surface area contributed by atoms with Crippen LogP contribution in [-0.4, -0.2) is 4.98 Å². The molecular weight excluding hydrogens is 259 g/mol. The summed E-state index contributed by atoms with van der Waals surface area (Å²) in [5, 5.41) is 0.963. The summed E-state index contributed by atoms with van der Waals surface area (Å²) < 4.78 is 37.8. The van der Waals surface area contributed by atoms with Gasteiger partial charge >= 0.3 is 6.18 Å². The molecule has 0 saturated heterocycles. The lowest BCUT2D eigenvalue weighted by atomic mass is 10.1. The van der Waals surface area contributed by atoms with E-state index in [9.17, 15) is 13.2 Å². The zero-order valence-electron chi connectivity index (χ0n) is 9.79. The smallest absolute Gasteiger partial charge is 0.249 e. The maximum Gasteiger partial charge on any atom is 0.416 e. The molecule has 0 unspecified atom stereocenters. The highest BCUT2D eigenvalue weighted by molar-refractivity contribution is 7.15. The Morgan fingerprint density at radius 1 is 1.28 bits per heavy atom. The minimum Gasteiger partial charge on any atom is -0.249 e.